The van der Waals surface area contributed by atoms with Gasteiger partial charge in [-0.05, 0) is 36.1 Å². The van der Waals surface area contributed by atoms with Crippen LogP contribution in [0, 0.1) is 39.8 Å². The summed E-state index contributed by atoms with van der Waals surface area (Å²) in [6.45, 7) is 2.03. The van der Waals surface area contributed by atoms with Crippen molar-refractivity contribution in [2.75, 3.05) is 0 Å². The molecule has 4 heteroatoms. The summed E-state index contributed by atoms with van der Waals surface area (Å²) in [5.41, 5.74) is 0.303. The molecule has 0 fully saturated rings. The molecule has 0 spiro atoms. The van der Waals surface area contributed by atoms with Crippen LogP contribution >= 0.6 is 0 Å². The Labute approximate surface area is 125 Å². The highest BCUT2D eigenvalue weighted by Crippen LogP contribution is 2.35. The van der Waals surface area contributed by atoms with Gasteiger partial charge in [0.05, 0.1) is 30.0 Å². The lowest BCUT2D eigenvalue weighted by Crippen LogP contribution is -2.24. The normalized spacial score (nSPS) is 12.7. The summed E-state index contributed by atoms with van der Waals surface area (Å²) in [5, 5.41) is 27.2. The van der Waals surface area contributed by atoms with E-state index in [2.05, 4.69) is 12.1 Å². The smallest absolute Gasteiger partial charge is 0.123 e. The molecule has 0 aromatic heterocycles. The van der Waals surface area contributed by atoms with Crippen LogP contribution in [0.5, 0.6) is 0 Å². The molecule has 0 bridgehead atoms. The van der Waals surface area contributed by atoms with Gasteiger partial charge >= 0.3 is 0 Å². The molecule has 1 unspecified atom stereocenters. The van der Waals surface area contributed by atoms with Crippen LogP contribution in [0.3, 0.4) is 0 Å². The minimum atomic E-state index is -0.849. The van der Waals surface area contributed by atoms with E-state index in [9.17, 15) is 9.65 Å². The van der Waals surface area contributed by atoms with Crippen molar-refractivity contribution in [1.82, 2.24) is 0 Å². The predicted octanol–water partition coefficient (Wildman–Crippen LogP) is 4.15. The lowest BCUT2D eigenvalue weighted by atomic mass is 9.74. The Bertz CT molecular complexity index is 604. The first-order chi connectivity index (χ1) is 10.1. The number of nitrogens with zero attached hydrogens (tertiary/aromatic N) is 3. The Morgan fingerprint density at radius 2 is 1.86 bits per heavy atom. The zero-order valence-corrected chi connectivity index (χ0v) is 12.2. The SMILES string of the molecule is CCCCC(C#N)(CCC#N)c1cc(F)cc(CC#N)c1. The van der Waals surface area contributed by atoms with Crippen LogP contribution in [0.15, 0.2) is 18.2 Å². The molecule has 21 heavy (non-hydrogen) atoms. The molecule has 0 aliphatic carbocycles. The zero-order chi connectivity index (χ0) is 15.7. The average molecular weight is 283 g/mol. The number of hydrogen-bond donors (Lipinski definition) is 0. The largest absolute Gasteiger partial charge is 0.207 e. The summed E-state index contributed by atoms with van der Waals surface area (Å²) in [6.07, 6.45) is 3.10. The van der Waals surface area contributed by atoms with E-state index < -0.39 is 11.2 Å². The molecule has 0 aliphatic rings. The molecule has 0 radical (unpaired) electrons. The van der Waals surface area contributed by atoms with Crippen molar-refractivity contribution < 1.29 is 4.39 Å². The van der Waals surface area contributed by atoms with Crippen molar-refractivity contribution in [3.8, 4) is 18.2 Å². The Balaban J connectivity index is 3.27. The number of rotatable bonds is 7. The number of unbranched alkanes of at least 4 members (excludes halogenated alkanes) is 1. The third-order valence-electron chi connectivity index (χ3n) is 3.63. The van der Waals surface area contributed by atoms with Gasteiger partial charge in [0.15, 0.2) is 0 Å². The fraction of sp³-hybridized carbons (Fsp3) is 0.471. The molecule has 1 aromatic carbocycles. The van der Waals surface area contributed by atoms with Crippen molar-refractivity contribution in [3.63, 3.8) is 0 Å². The second-order valence-corrected chi connectivity index (χ2v) is 5.14. The third kappa shape index (κ3) is 4.30. The van der Waals surface area contributed by atoms with Gasteiger partial charge < -0.3 is 0 Å². The molecule has 108 valence electrons. The van der Waals surface area contributed by atoms with E-state index >= 15 is 0 Å². The first-order valence-electron chi connectivity index (χ1n) is 7.07. The number of nitriles is 3. The molecule has 3 nitrogen and oxygen atoms in total. The molecule has 1 atom stereocenters. The quantitative estimate of drug-likeness (QED) is 0.754. The molecule has 0 amide bonds. The van der Waals surface area contributed by atoms with E-state index in [0.29, 0.717) is 24.0 Å². The minimum Gasteiger partial charge on any atom is -0.207 e. The van der Waals surface area contributed by atoms with Crippen LogP contribution in [0.4, 0.5) is 4.39 Å². The molecule has 0 saturated carbocycles. The highest BCUT2D eigenvalue weighted by Gasteiger charge is 2.32. The maximum absolute atomic E-state index is 13.8. The van der Waals surface area contributed by atoms with E-state index in [0.717, 1.165) is 12.8 Å². The van der Waals surface area contributed by atoms with Gasteiger partial charge in [0.25, 0.3) is 0 Å². The Hall–Kier alpha value is -2.38. The van der Waals surface area contributed by atoms with E-state index in [4.69, 9.17) is 10.5 Å². The van der Waals surface area contributed by atoms with Gasteiger partial charge in [-0.15, -0.1) is 0 Å². The van der Waals surface area contributed by atoms with Crippen molar-refractivity contribution in [2.24, 2.45) is 0 Å². The van der Waals surface area contributed by atoms with E-state index in [1.807, 2.05) is 13.0 Å². The topological polar surface area (TPSA) is 71.4 Å². The molecule has 1 rings (SSSR count). The summed E-state index contributed by atoms with van der Waals surface area (Å²) in [6, 6.07) is 10.8. The maximum Gasteiger partial charge on any atom is 0.123 e. The highest BCUT2D eigenvalue weighted by molar-refractivity contribution is 5.37. The average Bonchev–Trinajstić information content (AvgIpc) is 2.48. The Morgan fingerprint density at radius 3 is 2.43 bits per heavy atom. The molecular weight excluding hydrogens is 265 g/mol. The summed E-state index contributed by atoms with van der Waals surface area (Å²) >= 11 is 0. The second kappa shape index (κ2) is 8.03. The van der Waals surface area contributed by atoms with Crippen LogP contribution in [-0.4, -0.2) is 0 Å². The fourth-order valence-electron chi connectivity index (χ4n) is 2.46. The zero-order valence-electron chi connectivity index (χ0n) is 12.2. The van der Waals surface area contributed by atoms with Crippen molar-refractivity contribution in [3.05, 3.63) is 35.1 Å². The van der Waals surface area contributed by atoms with Gasteiger partial charge in [-0.1, -0.05) is 25.8 Å². The van der Waals surface area contributed by atoms with Gasteiger partial charge in [0.2, 0.25) is 0 Å². The molecule has 0 saturated heterocycles. The van der Waals surface area contributed by atoms with Gasteiger partial charge in [-0.2, -0.15) is 15.8 Å². The Morgan fingerprint density at radius 1 is 1.10 bits per heavy atom. The van der Waals surface area contributed by atoms with Crippen LogP contribution < -0.4 is 0 Å². The second-order valence-electron chi connectivity index (χ2n) is 5.14. The van der Waals surface area contributed by atoms with E-state index in [1.165, 1.54) is 12.1 Å². The fourth-order valence-corrected chi connectivity index (χ4v) is 2.46. The van der Waals surface area contributed by atoms with Gasteiger partial charge in [-0.25, -0.2) is 4.39 Å². The Kier molecular flexibility index (Phi) is 6.38. The molecular formula is C17H18FN3. The first-order valence-corrected chi connectivity index (χ1v) is 7.07. The van der Waals surface area contributed by atoms with Crippen LogP contribution in [-0.2, 0) is 11.8 Å². The van der Waals surface area contributed by atoms with Crippen LogP contribution in [0.1, 0.15) is 50.2 Å². The first kappa shape index (κ1) is 16.7. The number of hydrogen-bond acceptors (Lipinski definition) is 3. The lowest BCUT2D eigenvalue weighted by Gasteiger charge is -2.27. The maximum atomic E-state index is 13.8. The van der Waals surface area contributed by atoms with Gasteiger partial charge in [0.1, 0.15) is 5.82 Å². The summed E-state index contributed by atoms with van der Waals surface area (Å²) in [7, 11) is 0. The lowest BCUT2D eigenvalue weighted by molar-refractivity contribution is 0.448. The molecule has 1 aromatic rings. The predicted molar refractivity (Wildman–Crippen MR) is 77.4 cm³/mol. The van der Waals surface area contributed by atoms with E-state index in [1.54, 1.807) is 6.07 Å². The monoisotopic (exact) mass is 283 g/mol. The summed E-state index contributed by atoms with van der Waals surface area (Å²) < 4.78 is 13.8. The van der Waals surface area contributed by atoms with Gasteiger partial charge in [-0.3, -0.25) is 0 Å². The highest BCUT2D eigenvalue weighted by atomic mass is 19.1. The number of benzene rings is 1. The number of halogens is 1. The molecule has 0 N–H and O–H groups in total. The van der Waals surface area contributed by atoms with Crippen molar-refractivity contribution in [2.45, 2.75) is 50.9 Å². The van der Waals surface area contributed by atoms with E-state index in [-0.39, 0.29) is 12.8 Å². The van der Waals surface area contributed by atoms with Crippen molar-refractivity contribution >= 4 is 0 Å². The summed E-state index contributed by atoms with van der Waals surface area (Å²) in [4.78, 5) is 0. The van der Waals surface area contributed by atoms with Crippen molar-refractivity contribution in [1.29, 1.82) is 15.8 Å². The standard InChI is InChI=1S/C17H18FN3/c1-2-3-6-17(13-21,7-4-8-19)15-10-14(5-9-20)11-16(18)12-15/h10-12H,2-7H2,1H3. The minimum absolute atomic E-state index is 0.109. The van der Waals surface area contributed by atoms with Crippen LogP contribution in [0.25, 0.3) is 0 Å². The molecule has 0 heterocycles. The summed E-state index contributed by atoms with van der Waals surface area (Å²) in [5.74, 6) is -0.439. The molecule has 0 aliphatic heterocycles. The van der Waals surface area contributed by atoms with Crippen LogP contribution in [0.2, 0.25) is 0 Å². The van der Waals surface area contributed by atoms with Gasteiger partial charge in [0, 0.05) is 6.42 Å². The third-order valence-corrected chi connectivity index (χ3v) is 3.63.